The zero-order chi connectivity index (χ0) is 67.6. The van der Waals surface area contributed by atoms with Crippen molar-refractivity contribution in [1.29, 1.82) is 0 Å². The Morgan fingerprint density at radius 2 is 0.438 bits per heavy atom. The second-order valence-corrected chi connectivity index (χ2v) is 26.5. The van der Waals surface area contributed by atoms with Crippen molar-refractivity contribution in [3.05, 3.63) is 369 Å². The molecule has 0 bridgehead atoms. The molecule has 0 aliphatic rings. The summed E-state index contributed by atoms with van der Waals surface area (Å²) in [6.45, 7) is 30.3. The minimum atomic E-state index is 1.32. The van der Waals surface area contributed by atoms with Gasteiger partial charge < -0.3 is 0 Å². The average molecular weight is 1240 g/mol. The molecule has 474 valence electrons. The van der Waals surface area contributed by atoms with Crippen LogP contribution < -0.4 is 0 Å². The van der Waals surface area contributed by atoms with Gasteiger partial charge in [-0.1, -0.05) is 266 Å². The monoisotopic (exact) mass is 1240 g/mol. The summed E-state index contributed by atoms with van der Waals surface area (Å²) in [7, 11) is 0. The molecule has 0 saturated heterocycles. The lowest BCUT2D eigenvalue weighted by molar-refractivity contribution is 1.37. The Labute approximate surface area is 570 Å². The Kier molecular flexibility index (Phi) is 21.0. The van der Waals surface area contributed by atoms with Gasteiger partial charge >= 0.3 is 0 Å². The van der Waals surface area contributed by atoms with E-state index in [0.717, 1.165) is 0 Å². The van der Waals surface area contributed by atoms with Gasteiger partial charge in [0, 0.05) is 0 Å². The molecule has 0 heterocycles. The molecule has 0 aliphatic heterocycles. The summed E-state index contributed by atoms with van der Waals surface area (Å²) in [4.78, 5) is 0. The van der Waals surface area contributed by atoms with E-state index in [0.29, 0.717) is 0 Å². The van der Waals surface area contributed by atoms with E-state index in [9.17, 15) is 0 Å². The molecule has 96 heavy (non-hydrogen) atoms. The summed E-state index contributed by atoms with van der Waals surface area (Å²) in [6.07, 6.45) is 0. The maximum atomic E-state index is 2.30. The van der Waals surface area contributed by atoms with E-state index < -0.39 is 0 Å². The molecule has 0 unspecified atom stereocenters. The third-order valence-corrected chi connectivity index (χ3v) is 19.2. The van der Waals surface area contributed by atoms with Crippen molar-refractivity contribution in [2.45, 2.75) is 96.9 Å². The molecule has 0 radical (unpaired) electrons. The number of rotatable bonds is 0. The smallest absolute Gasteiger partial charge is 0.0125 e. The first-order valence-electron chi connectivity index (χ1n) is 33.9. The van der Waals surface area contributed by atoms with Crippen molar-refractivity contribution in [3.63, 3.8) is 0 Å². The second-order valence-electron chi connectivity index (χ2n) is 26.5. The Balaban J connectivity index is 0.000000114. The van der Waals surface area contributed by atoms with E-state index in [4.69, 9.17) is 0 Å². The predicted molar refractivity (Wildman–Crippen MR) is 426 cm³/mol. The molecule has 0 fully saturated rings. The molecule has 0 heteroatoms. The lowest BCUT2D eigenvalue weighted by Crippen LogP contribution is -1.84. The van der Waals surface area contributed by atoms with Crippen LogP contribution in [0.2, 0.25) is 0 Å². The molecule has 0 aliphatic carbocycles. The minimum Gasteiger partial charge on any atom is -0.0616 e. The van der Waals surface area contributed by atoms with Crippen molar-refractivity contribution >= 4 is 108 Å². The van der Waals surface area contributed by atoms with Crippen LogP contribution in [0.5, 0.6) is 0 Å². The van der Waals surface area contributed by atoms with Gasteiger partial charge in [0.05, 0.1) is 0 Å². The first kappa shape index (κ1) is 66.8. The summed E-state index contributed by atoms with van der Waals surface area (Å²) < 4.78 is 0. The number of benzene rings is 17. The second kappa shape index (κ2) is 30.2. The highest BCUT2D eigenvalue weighted by atomic mass is 14.1. The SMILES string of the molecule is Cc1cc(C)c2cc3ccccc3cc2c1.Cc1cc(C)c2ccccc2c1.Cc1cc2cc3ccccc3cc2cc1C.Cc1ccc(C)c2ccccc12.Cc1ccc2cc3ccccc3cc2c1C.Cc1cccc2c(C)cccc12.Cc1cccc2cccc(C)c12. The quantitative estimate of drug-likeness (QED) is 0.133. The Morgan fingerprint density at radius 1 is 0.135 bits per heavy atom. The maximum Gasteiger partial charge on any atom is -0.0125 e. The molecule has 17 rings (SSSR count). The topological polar surface area (TPSA) is 0 Å². The Morgan fingerprint density at radius 3 is 0.896 bits per heavy atom. The number of fused-ring (bicyclic) bond motifs is 10. The van der Waals surface area contributed by atoms with Crippen molar-refractivity contribution in [2.75, 3.05) is 0 Å². The van der Waals surface area contributed by atoms with E-state index in [1.165, 1.54) is 186 Å². The van der Waals surface area contributed by atoms with Gasteiger partial charge in [0.2, 0.25) is 0 Å². The molecule has 17 aromatic rings. The van der Waals surface area contributed by atoms with Crippen LogP contribution in [-0.2, 0) is 0 Å². The van der Waals surface area contributed by atoms with Crippen LogP contribution in [0, 0.1) is 96.9 Å². The molecular weight excluding hydrogens is 1150 g/mol. The first-order valence-corrected chi connectivity index (χ1v) is 33.9. The van der Waals surface area contributed by atoms with E-state index in [1.54, 1.807) is 0 Å². The molecule has 0 N–H and O–H groups in total. The largest absolute Gasteiger partial charge is 0.0616 e. The van der Waals surface area contributed by atoms with Crippen LogP contribution >= 0.6 is 0 Å². The van der Waals surface area contributed by atoms with E-state index in [2.05, 4.69) is 388 Å². The molecule has 0 saturated carbocycles. The van der Waals surface area contributed by atoms with E-state index >= 15 is 0 Å². The van der Waals surface area contributed by atoms with Gasteiger partial charge in [0.15, 0.2) is 0 Å². The zero-order valence-corrected chi connectivity index (χ0v) is 58.7. The van der Waals surface area contributed by atoms with Crippen LogP contribution in [0.4, 0.5) is 0 Å². The lowest BCUT2D eigenvalue weighted by Gasteiger charge is -2.07. The number of aryl methyl sites for hydroxylation is 14. The van der Waals surface area contributed by atoms with Crippen LogP contribution in [-0.4, -0.2) is 0 Å². The third kappa shape index (κ3) is 15.6. The lowest BCUT2D eigenvalue weighted by atomic mass is 9.97. The molecule has 0 nitrogen and oxygen atoms in total. The summed E-state index contributed by atoms with van der Waals surface area (Å²) >= 11 is 0. The molecular formula is C96H90. The summed E-state index contributed by atoms with van der Waals surface area (Å²) in [5.41, 5.74) is 19.0. The highest BCUT2D eigenvalue weighted by molar-refractivity contribution is 6.02. The van der Waals surface area contributed by atoms with Gasteiger partial charge in [-0.3, -0.25) is 0 Å². The van der Waals surface area contributed by atoms with Crippen molar-refractivity contribution in [2.24, 2.45) is 0 Å². The first-order chi connectivity index (χ1) is 46.4. The van der Waals surface area contributed by atoms with Crippen LogP contribution in [0.1, 0.15) is 77.9 Å². The Bertz CT molecular complexity index is 5400. The standard InChI is InChI=1S/3C16H14.4C12H12/c1-11-7-15-9-13-5-3-4-6-14(13)10-16(15)8-12(11)2;1-11-7-12(2)16-10-14-6-4-3-5-13(14)9-15(16)8-11;1-11-7-8-15-9-13-5-3-4-6-14(13)10-16(15)12(11)2;1-9-5-3-8-12-10(2)6-4-7-11(9)12;1-9-5-3-7-11-8-4-6-10(2)12(9)11;1-9-7-10(2)12-6-4-3-5-11(12)8-9;1-9-7-8-10(2)12-6-4-3-5-11(9)12/h3*3-10H,1-2H3;4*3-8H,1-2H3. The van der Waals surface area contributed by atoms with E-state index in [-0.39, 0.29) is 0 Å². The fraction of sp³-hybridized carbons (Fsp3) is 0.146. The summed E-state index contributed by atoms with van der Waals surface area (Å²) in [6, 6.07) is 104. The van der Waals surface area contributed by atoms with E-state index in [1.807, 2.05) is 0 Å². The summed E-state index contributed by atoms with van der Waals surface area (Å²) in [5, 5.41) is 26.9. The predicted octanol–water partition coefficient (Wildman–Crippen LogP) is 27.7. The van der Waals surface area contributed by atoms with Crippen LogP contribution in [0.25, 0.3) is 108 Å². The Hall–Kier alpha value is -10.7. The highest BCUT2D eigenvalue weighted by Gasteiger charge is 2.06. The van der Waals surface area contributed by atoms with Crippen molar-refractivity contribution in [3.8, 4) is 0 Å². The molecule has 0 spiro atoms. The third-order valence-electron chi connectivity index (χ3n) is 19.2. The maximum absolute atomic E-state index is 2.30. The highest BCUT2D eigenvalue weighted by Crippen LogP contribution is 2.31. The molecule has 17 aromatic carbocycles. The van der Waals surface area contributed by atoms with Gasteiger partial charge in [0.25, 0.3) is 0 Å². The molecule has 0 aromatic heterocycles. The minimum absolute atomic E-state index is 1.32. The van der Waals surface area contributed by atoms with Gasteiger partial charge in [-0.2, -0.15) is 0 Å². The fourth-order valence-corrected chi connectivity index (χ4v) is 13.6. The fourth-order valence-electron chi connectivity index (χ4n) is 13.6. The van der Waals surface area contributed by atoms with Crippen molar-refractivity contribution < 1.29 is 0 Å². The zero-order valence-electron chi connectivity index (χ0n) is 58.7. The van der Waals surface area contributed by atoms with Crippen LogP contribution in [0.3, 0.4) is 0 Å². The molecule has 0 amide bonds. The van der Waals surface area contributed by atoms with Crippen LogP contribution in [0.15, 0.2) is 291 Å². The van der Waals surface area contributed by atoms with Gasteiger partial charge in [-0.15, -0.1) is 0 Å². The summed E-state index contributed by atoms with van der Waals surface area (Å²) in [5.74, 6) is 0. The number of hydrogen-bond donors (Lipinski definition) is 0. The normalized spacial score (nSPS) is 10.8. The van der Waals surface area contributed by atoms with Gasteiger partial charge in [-0.25, -0.2) is 0 Å². The van der Waals surface area contributed by atoms with Gasteiger partial charge in [-0.05, 0) is 308 Å². The number of hydrogen-bond acceptors (Lipinski definition) is 0. The molecule has 0 atom stereocenters. The average Bonchev–Trinajstić information content (AvgIpc) is 1.22. The van der Waals surface area contributed by atoms with Gasteiger partial charge in [0.1, 0.15) is 0 Å². The van der Waals surface area contributed by atoms with Crippen molar-refractivity contribution in [1.82, 2.24) is 0 Å².